The van der Waals surface area contributed by atoms with E-state index in [-0.39, 0.29) is 0 Å². The van der Waals surface area contributed by atoms with Crippen molar-refractivity contribution in [2.45, 2.75) is 25.8 Å². The van der Waals surface area contributed by atoms with E-state index in [1.54, 1.807) is 0 Å². The standard InChI is InChI=1S/C18H21N5/c1-13-16(9-14-5-3-4-6-17(14)19-13)11-23-12-18(20-21-23)15-7-8-22(2)10-15/h3-6,9,12,15H,7-8,10-11H2,1-2H3. The molecule has 1 aliphatic rings. The Kier molecular flexibility index (Phi) is 3.58. The number of aromatic nitrogens is 4. The van der Waals surface area contributed by atoms with Crippen molar-refractivity contribution in [3.63, 3.8) is 0 Å². The molecule has 1 aliphatic heterocycles. The second-order valence-corrected chi connectivity index (χ2v) is 6.51. The molecule has 23 heavy (non-hydrogen) atoms. The maximum atomic E-state index is 4.70. The summed E-state index contributed by atoms with van der Waals surface area (Å²) in [6.07, 6.45) is 3.27. The van der Waals surface area contributed by atoms with Crippen LogP contribution in [0.4, 0.5) is 0 Å². The Hall–Kier alpha value is -2.27. The molecule has 0 N–H and O–H groups in total. The maximum absolute atomic E-state index is 4.70. The zero-order valence-electron chi connectivity index (χ0n) is 13.6. The molecule has 0 saturated carbocycles. The van der Waals surface area contributed by atoms with Gasteiger partial charge in [0.2, 0.25) is 0 Å². The van der Waals surface area contributed by atoms with E-state index in [9.17, 15) is 0 Å². The van der Waals surface area contributed by atoms with Gasteiger partial charge in [-0.25, -0.2) is 4.68 Å². The summed E-state index contributed by atoms with van der Waals surface area (Å²) in [5, 5.41) is 9.88. The summed E-state index contributed by atoms with van der Waals surface area (Å²) in [4.78, 5) is 7.05. The average Bonchev–Trinajstić information content (AvgIpc) is 3.17. The van der Waals surface area contributed by atoms with E-state index in [2.05, 4.69) is 53.6 Å². The summed E-state index contributed by atoms with van der Waals surface area (Å²) in [7, 11) is 2.16. The van der Waals surface area contributed by atoms with Crippen LogP contribution in [0.2, 0.25) is 0 Å². The second-order valence-electron chi connectivity index (χ2n) is 6.51. The lowest BCUT2D eigenvalue weighted by Gasteiger charge is -2.08. The number of hydrogen-bond acceptors (Lipinski definition) is 4. The van der Waals surface area contributed by atoms with E-state index in [1.165, 1.54) is 17.4 Å². The van der Waals surface area contributed by atoms with Crippen LogP contribution in [0, 0.1) is 6.92 Å². The van der Waals surface area contributed by atoms with E-state index in [0.717, 1.165) is 36.5 Å². The van der Waals surface area contributed by atoms with Gasteiger partial charge in [-0.05, 0) is 44.6 Å². The van der Waals surface area contributed by atoms with E-state index in [1.807, 2.05) is 16.8 Å². The first-order chi connectivity index (χ1) is 11.2. The van der Waals surface area contributed by atoms with Crippen LogP contribution < -0.4 is 0 Å². The van der Waals surface area contributed by atoms with Crippen LogP contribution in [-0.4, -0.2) is 45.0 Å². The van der Waals surface area contributed by atoms with Crippen molar-refractivity contribution in [1.82, 2.24) is 24.9 Å². The van der Waals surface area contributed by atoms with Crippen LogP contribution in [0.1, 0.15) is 29.3 Å². The van der Waals surface area contributed by atoms with E-state index in [0.29, 0.717) is 5.92 Å². The number of pyridine rings is 1. The van der Waals surface area contributed by atoms with Crippen molar-refractivity contribution in [2.75, 3.05) is 20.1 Å². The topological polar surface area (TPSA) is 46.8 Å². The molecule has 5 heteroatoms. The maximum Gasteiger partial charge on any atom is 0.0871 e. The average molecular weight is 307 g/mol. The molecule has 0 spiro atoms. The van der Waals surface area contributed by atoms with Gasteiger partial charge in [0.25, 0.3) is 0 Å². The normalized spacial score (nSPS) is 18.8. The van der Waals surface area contributed by atoms with Gasteiger partial charge in [0.05, 0.1) is 17.8 Å². The van der Waals surface area contributed by atoms with Gasteiger partial charge in [-0.1, -0.05) is 23.4 Å². The number of para-hydroxylation sites is 1. The van der Waals surface area contributed by atoms with Crippen molar-refractivity contribution in [2.24, 2.45) is 0 Å². The zero-order chi connectivity index (χ0) is 15.8. The third-order valence-electron chi connectivity index (χ3n) is 4.72. The third kappa shape index (κ3) is 2.84. The number of likely N-dealkylation sites (N-methyl/N-ethyl adjacent to an activating group) is 1. The molecule has 1 aromatic carbocycles. The molecule has 1 unspecified atom stereocenters. The van der Waals surface area contributed by atoms with Gasteiger partial charge >= 0.3 is 0 Å². The number of nitrogens with zero attached hydrogens (tertiary/aromatic N) is 5. The minimum atomic E-state index is 0.518. The number of fused-ring (bicyclic) bond motifs is 1. The number of benzene rings is 1. The molecule has 118 valence electrons. The van der Waals surface area contributed by atoms with Gasteiger partial charge in [0.15, 0.2) is 0 Å². The van der Waals surface area contributed by atoms with Crippen LogP contribution in [0.3, 0.4) is 0 Å². The van der Waals surface area contributed by atoms with Gasteiger partial charge in [-0.3, -0.25) is 4.98 Å². The van der Waals surface area contributed by atoms with Gasteiger partial charge in [-0.2, -0.15) is 0 Å². The number of hydrogen-bond donors (Lipinski definition) is 0. The summed E-state index contributed by atoms with van der Waals surface area (Å²) in [5.74, 6) is 0.518. The minimum absolute atomic E-state index is 0.518. The first kappa shape index (κ1) is 14.3. The first-order valence-electron chi connectivity index (χ1n) is 8.13. The molecule has 1 saturated heterocycles. The molecule has 4 rings (SSSR count). The van der Waals surface area contributed by atoms with Crippen LogP contribution in [0.25, 0.3) is 10.9 Å². The molecule has 0 amide bonds. The highest BCUT2D eigenvalue weighted by atomic mass is 15.4. The molecule has 2 aromatic heterocycles. The molecular formula is C18H21N5. The highest BCUT2D eigenvalue weighted by Crippen LogP contribution is 2.24. The summed E-state index contributed by atoms with van der Waals surface area (Å²) in [6.45, 7) is 5.01. The predicted octanol–water partition coefficient (Wildman–Crippen LogP) is 2.60. The van der Waals surface area contributed by atoms with Gasteiger partial charge in [-0.15, -0.1) is 5.10 Å². The minimum Gasteiger partial charge on any atom is -0.306 e. The van der Waals surface area contributed by atoms with Crippen molar-refractivity contribution in [3.8, 4) is 0 Å². The fourth-order valence-electron chi connectivity index (χ4n) is 3.34. The Morgan fingerprint density at radius 2 is 2.13 bits per heavy atom. The first-order valence-corrected chi connectivity index (χ1v) is 8.13. The number of likely N-dealkylation sites (tertiary alicyclic amines) is 1. The predicted molar refractivity (Wildman–Crippen MR) is 90.5 cm³/mol. The van der Waals surface area contributed by atoms with Crippen molar-refractivity contribution in [3.05, 3.63) is 53.5 Å². The molecule has 0 bridgehead atoms. The largest absolute Gasteiger partial charge is 0.306 e. The van der Waals surface area contributed by atoms with Gasteiger partial charge in [0, 0.05) is 29.7 Å². The van der Waals surface area contributed by atoms with E-state index in [4.69, 9.17) is 4.98 Å². The molecule has 0 aliphatic carbocycles. The van der Waals surface area contributed by atoms with Crippen LogP contribution in [0.5, 0.6) is 0 Å². The Morgan fingerprint density at radius 3 is 2.96 bits per heavy atom. The van der Waals surface area contributed by atoms with Crippen LogP contribution in [0.15, 0.2) is 36.5 Å². The lowest BCUT2D eigenvalue weighted by atomic mass is 10.1. The number of rotatable bonds is 3. The molecule has 3 heterocycles. The molecule has 0 radical (unpaired) electrons. The zero-order valence-corrected chi connectivity index (χ0v) is 13.6. The Morgan fingerprint density at radius 1 is 1.26 bits per heavy atom. The summed E-state index contributed by atoms with van der Waals surface area (Å²) in [5.41, 5.74) is 4.41. The fraction of sp³-hybridized carbons (Fsp3) is 0.389. The van der Waals surface area contributed by atoms with Crippen molar-refractivity contribution >= 4 is 10.9 Å². The SMILES string of the molecule is Cc1nc2ccccc2cc1Cn1cc(C2CCN(C)C2)nn1. The van der Waals surface area contributed by atoms with Crippen molar-refractivity contribution in [1.29, 1.82) is 0 Å². The molecular weight excluding hydrogens is 286 g/mol. The highest BCUT2D eigenvalue weighted by Gasteiger charge is 2.23. The fourth-order valence-corrected chi connectivity index (χ4v) is 3.34. The van der Waals surface area contributed by atoms with Crippen molar-refractivity contribution < 1.29 is 0 Å². The van der Waals surface area contributed by atoms with E-state index < -0.39 is 0 Å². The van der Waals surface area contributed by atoms with Gasteiger partial charge < -0.3 is 4.90 Å². The lowest BCUT2D eigenvalue weighted by Crippen LogP contribution is -2.13. The molecule has 3 aromatic rings. The monoisotopic (exact) mass is 307 g/mol. The van der Waals surface area contributed by atoms with Crippen LogP contribution in [-0.2, 0) is 6.54 Å². The van der Waals surface area contributed by atoms with Gasteiger partial charge in [0.1, 0.15) is 0 Å². The Bertz CT molecular complexity index is 838. The van der Waals surface area contributed by atoms with E-state index >= 15 is 0 Å². The molecule has 1 fully saturated rings. The quantitative estimate of drug-likeness (QED) is 0.746. The Balaban J connectivity index is 1.58. The third-order valence-corrected chi connectivity index (χ3v) is 4.72. The second kappa shape index (κ2) is 5.74. The summed E-state index contributed by atoms with van der Waals surface area (Å²) >= 11 is 0. The molecule has 5 nitrogen and oxygen atoms in total. The Labute approximate surface area is 135 Å². The smallest absolute Gasteiger partial charge is 0.0871 e. The molecule has 1 atom stereocenters. The highest BCUT2D eigenvalue weighted by molar-refractivity contribution is 5.79. The number of aryl methyl sites for hydroxylation is 1. The van der Waals surface area contributed by atoms with Crippen LogP contribution >= 0.6 is 0 Å². The summed E-state index contributed by atoms with van der Waals surface area (Å²) in [6, 6.07) is 10.4. The summed E-state index contributed by atoms with van der Waals surface area (Å²) < 4.78 is 1.94. The lowest BCUT2D eigenvalue weighted by molar-refractivity contribution is 0.410.